The fraction of sp³-hybridized carbons (Fsp3) is 0.960. The van der Waals surface area contributed by atoms with Crippen LogP contribution in [0.5, 0.6) is 0 Å². The van der Waals surface area contributed by atoms with Gasteiger partial charge in [0.05, 0.1) is 11.2 Å². The van der Waals surface area contributed by atoms with Gasteiger partial charge < -0.3 is 10.2 Å². The highest BCUT2D eigenvalue weighted by Crippen LogP contribution is 2.58. The van der Waals surface area contributed by atoms with Gasteiger partial charge in [0.1, 0.15) is 5.78 Å². The van der Waals surface area contributed by atoms with Gasteiger partial charge in [-0.15, -0.1) is 0 Å². The van der Waals surface area contributed by atoms with Gasteiger partial charge in [-0.1, -0.05) is 46.5 Å². The first-order valence-electron chi connectivity index (χ1n) is 11.9. The number of hydrogen-bond acceptors (Lipinski definition) is 3. The molecule has 0 amide bonds. The Morgan fingerprint density at radius 3 is 1.96 bits per heavy atom. The second kappa shape index (κ2) is 10.6. The molecule has 2 fully saturated rings. The number of ketones is 1. The molecule has 0 radical (unpaired) electrons. The first kappa shape index (κ1) is 25.6. The second-order valence-corrected chi connectivity index (χ2v) is 10.7. The van der Waals surface area contributed by atoms with Crippen molar-refractivity contribution in [3.63, 3.8) is 0 Å². The van der Waals surface area contributed by atoms with Crippen molar-refractivity contribution in [3.05, 3.63) is 0 Å². The van der Waals surface area contributed by atoms with Gasteiger partial charge in [0.25, 0.3) is 0 Å². The zero-order valence-electron chi connectivity index (χ0n) is 19.8. The molecule has 166 valence electrons. The Labute approximate surface area is 174 Å². The van der Waals surface area contributed by atoms with Gasteiger partial charge in [0.15, 0.2) is 0 Å². The molecule has 0 aliphatic heterocycles. The molecule has 3 nitrogen and oxygen atoms in total. The van der Waals surface area contributed by atoms with Crippen LogP contribution < -0.4 is 0 Å². The summed E-state index contributed by atoms with van der Waals surface area (Å²) in [7, 11) is 0. The Balaban J connectivity index is 0.00000190. The van der Waals surface area contributed by atoms with E-state index in [4.69, 9.17) is 0 Å². The topological polar surface area (TPSA) is 57.5 Å². The van der Waals surface area contributed by atoms with E-state index in [1.165, 1.54) is 12.8 Å². The Morgan fingerprint density at radius 2 is 1.50 bits per heavy atom. The molecule has 2 N–H and O–H groups in total. The van der Waals surface area contributed by atoms with Gasteiger partial charge in [-0.3, -0.25) is 4.79 Å². The molecule has 3 unspecified atom stereocenters. The molecule has 2 rings (SSSR count). The van der Waals surface area contributed by atoms with Crippen molar-refractivity contribution in [1.82, 2.24) is 0 Å². The third-order valence-corrected chi connectivity index (χ3v) is 7.23. The maximum absolute atomic E-state index is 12.5. The zero-order valence-corrected chi connectivity index (χ0v) is 19.8. The quantitative estimate of drug-likeness (QED) is 0.481. The minimum atomic E-state index is -0.597. The molecule has 0 aromatic heterocycles. The minimum Gasteiger partial charge on any atom is -0.390 e. The predicted molar refractivity (Wildman–Crippen MR) is 118 cm³/mol. The van der Waals surface area contributed by atoms with Crippen molar-refractivity contribution in [2.75, 3.05) is 0 Å². The SMILES string of the molecule is CC.CC(C)(O)CCCC(CCCC(C)(C)O)C1CCC2C(=O)CCCC21C. The molecule has 2 saturated carbocycles. The summed E-state index contributed by atoms with van der Waals surface area (Å²) < 4.78 is 0. The van der Waals surface area contributed by atoms with E-state index in [-0.39, 0.29) is 11.3 Å². The highest BCUT2D eigenvalue weighted by atomic mass is 16.3. The second-order valence-electron chi connectivity index (χ2n) is 10.7. The maximum atomic E-state index is 12.5. The van der Waals surface area contributed by atoms with E-state index in [2.05, 4.69) is 6.92 Å². The number of hydrogen-bond donors (Lipinski definition) is 2. The normalized spacial score (nSPS) is 28.1. The Hall–Kier alpha value is -0.410. The van der Waals surface area contributed by atoms with E-state index < -0.39 is 11.2 Å². The van der Waals surface area contributed by atoms with E-state index in [0.29, 0.717) is 17.6 Å². The van der Waals surface area contributed by atoms with Crippen LogP contribution in [0.2, 0.25) is 0 Å². The average Bonchev–Trinajstić information content (AvgIpc) is 2.91. The van der Waals surface area contributed by atoms with Gasteiger partial charge in [-0.2, -0.15) is 0 Å². The zero-order chi connectivity index (χ0) is 21.6. The Bertz CT molecular complexity index is 451. The van der Waals surface area contributed by atoms with Gasteiger partial charge in [-0.25, -0.2) is 0 Å². The van der Waals surface area contributed by atoms with Gasteiger partial charge in [0, 0.05) is 12.3 Å². The smallest absolute Gasteiger partial charge is 0.136 e. The summed E-state index contributed by atoms with van der Waals surface area (Å²) in [5, 5.41) is 20.1. The summed E-state index contributed by atoms with van der Waals surface area (Å²) in [5.41, 5.74) is -1.01. The van der Waals surface area contributed by atoms with Crippen LogP contribution in [0.4, 0.5) is 0 Å². The standard InChI is InChI=1S/C23H42O3.C2H6/c1-21(2,25)14-6-9-17(10-7-15-22(3,4)26)18-12-13-19-20(24)11-8-16-23(18,19)5;1-2/h17-19,25-26H,6-16H2,1-5H3;1-2H3. The van der Waals surface area contributed by atoms with Crippen LogP contribution in [-0.2, 0) is 4.79 Å². The van der Waals surface area contributed by atoms with Crippen LogP contribution in [0, 0.1) is 23.2 Å². The van der Waals surface area contributed by atoms with Crippen molar-refractivity contribution in [2.45, 2.75) is 130 Å². The van der Waals surface area contributed by atoms with Crippen LogP contribution in [0.3, 0.4) is 0 Å². The van der Waals surface area contributed by atoms with Gasteiger partial charge in [-0.05, 0) is 83.5 Å². The van der Waals surface area contributed by atoms with Crippen LogP contribution >= 0.6 is 0 Å². The molecule has 3 atom stereocenters. The summed E-state index contributed by atoms with van der Waals surface area (Å²) >= 11 is 0. The minimum absolute atomic E-state index is 0.184. The van der Waals surface area contributed by atoms with E-state index in [1.54, 1.807) is 0 Å². The number of carbonyl (C=O) groups excluding carboxylic acids is 1. The molecule has 2 aliphatic rings. The van der Waals surface area contributed by atoms with E-state index in [9.17, 15) is 15.0 Å². The molecule has 0 spiro atoms. The maximum Gasteiger partial charge on any atom is 0.136 e. The monoisotopic (exact) mass is 396 g/mol. The molecule has 3 heteroatoms. The molecule has 0 saturated heterocycles. The molecule has 28 heavy (non-hydrogen) atoms. The number of carbonyl (C=O) groups is 1. The van der Waals surface area contributed by atoms with Crippen LogP contribution in [0.15, 0.2) is 0 Å². The third-order valence-electron chi connectivity index (χ3n) is 7.23. The molecule has 2 aliphatic carbocycles. The van der Waals surface area contributed by atoms with Gasteiger partial charge >= 0.3 is 0 Å². The van der Waals surface area contributed by atoms with Crippen molar-refractivity contribution < 1.29 is 15.0 Å². The average molecular weight is 397 g/mol. The van der Waals surface area contributed by atoms with Crippen LogP contribution in [-0.4, -0.2) is 27.2 Å². The summed E-state index contributed by atoms with van der Waals surface area (Å²) in [6.45, 7) is 13.9. The molecular weight excluding hydrogens is 348 g/mol. The Morgan fingerprint density at radius 1 is 1.00 bits per heavy atom. The van der Waals surface area contributed by atoms with Crippen LogP contribution in [0.1, 0.15) is 119 Å². The van der Waals surface area contributed by atoms with E-state index in [0.717, 1.165) is 57.8 Å². The molecule has 0 aromatic rings. The lowest BCUT2D eigenvalue weighted by Crippen LogP contribution is -2.40. The highest BCUT2D eigenvalue weighted by molar-refractivity contribution is 5.83. The fourth-order valence-electron chi connectivity index (χ4n) is 5.88. The van der Waals surface area contributed by atoms with Crippen molar-refractivity contribution in [2.24, 2.45) is 23.2 Å². The summed E-state index contributed by atoms with van der Waals surface area (Å²) in [4.78, 5) is 12.5. The lowest BCUT2D eigenvalue weighted by molar-refractivity contribution is -0.130. The molecule has 0 aromatic carbocycles. The Kier molecular flexibility index (Phi) is 9.67. The molecule has 0 heterocycles. The summed E-state index contributed by atoms with van der Waals surface area (Å²) in [6, 6.07) is 0. The van der Waals surface area contributed by atoms with Crippen molar-refractivity contribution in [1.29, 1.82) is 0 Å². The highest BCUT2D eigenvalue weighted by Gasteiger charge is 2.52. The summed E-state index contributed by atoms with van der Waals surface area (Å²) in [6.07, 6.45) is 11.3. The largest absolute Gasteiger partial charge is 0.390 e. The molecule has 0 bridgehead atoms. The third kappa shape index (κ3) is 7.44. The lowest BCUT2D eigenvalue weighted by Gasteiger charge is -2.43. The van der Waals surface area contributed by atoms with Crippen molar-refractivity contribution >= 4 is 5.78 Å². The number of rotatable bonds is 9. The number of fused-ring (bicyclic) bond motifs is 1. The first-order chi connectivity index (χ1) is 12.9. The molecular formula is C25H48O3. The number of aliphatic hydroxyl groups is 2. The van der Waals surface area contributed by atoms with Gasteiger partial charge in [0.2, 0.25) is 0 Å². The number of Topliss-reactive ketones (excluding diaryl/α,β-unsaturated/α-hetero) is 1. The fourth-order valence-corrected chi connectivity index (χ4v) is 5.88. The van der Waals surface area contributed by atoms with E-state index >= 15 is 0 Å². The van der Waals surface area contributed by atoms with E-state index in [1.807, 2.05) is 41.5 Å². The van der Waals surface area contributed by atoms with Crippen molar-refractivity contribution in [3.8, 4) is 0 Å². The lowest BCUT2D eigenvalue weighted by atomic mass is 9.61. The predicted octanol–water partition coefficient (Wildman–Crippen LogP) is 6.30. The first-order valence-corrected chi connectivity index (χ1v) is 11.9. The summed E-state index contributed by atoms with van der Waals surface area (Å²) in [5.74, 6) is 2.03. The van der Waals surface area contributed by atoms with Crippen LogP contribution in [0.25, 0.3) is 0 Å².